The fraction of sp³-hybridized carbons (Fsp3) is 0.0667. The Balaban J connectivity index is 1.80. The average Bonchev–Trinajstić information content (AvgIpc) is 2.78. The molecule has 0 saturated heterocycles. The second kappa shape index (κ2) is 4.70. The van der Waals surface area contributed by atoms with Crippen molar-refractivity contribution in [3.05, 3.63) is 53.6 Å². The number of fused-ring (bicyclic) bond motifs is 1. The molecule has 1 aliphatic heterocycles. The van der Waals surface area contributed by atoms with E-state index in [1.165, 1.54) is 0 Å². The van der Waals surface area contributed by atoms with Crippen LogP contribution in [0.5, 0.6) is 0 Å². The molecule has 4 N–H and O–H groups in total. The molecule has 2 aromatic rings. The van der Waals surface area contributed by atoms with Crippen LogP contribution in [0.15, 0.2) is 42.5 Å². The van der Waals surface area contributed by atoms with E-state index in [4.69, 9.17) is 5.73 Å². The first-order chi connectivity index (χ1) is 9.61. The maximum Gasteiger partial charge on any atom is 0.255 e. The Morgan fingerprint density at radius 2 is 2.05 bits per heavy atom. The van der Waals surface area contributed by atoms with Gasteiger partial charge in [-0.25, -0.2) is 0 Å². The number of nitrogens with one attached hydrogen (secondary N) is 2. The van der Waals surface area contributed by atoms with Crippen LogP contribution in [0.25, 0.3) is 0 Å². The second-order valence-corrected chi connectivity index (χ2v) is 4.68. The van der Waals surface area contributed by atoms with Crippen LogP contribution >= 0.6 is 0 Å². The molecule has 0 aliphatic carbocycles. The molecule has 5 nitrogen and oxygen atoms in total. The maximum atomic E-state index is 12.1. The largest absolute Gasteiger partial charge is 0.399 e. The summed E-state index contributed by atoms with van der Waals surface area (Å²) < 4.78 is 0. The molecule has 5 heteroatoms. The summed E-state index contributed by atoms with van der Waals surface area (Å²) >= 11 is 0. The first-order valence-corrected chi connectivity index (χ1v) is 6.21. The van der Waals surface area contributed by atoms with E-state index < -0.39 is 0 Å². The molecule has 0 atom stereocenters. The molecule has 0 unspecified atom stereocenters. The highest BCUT2D eigenvalue weighted by molar-refractivity contribution is 6.05. The van der Waals surface area contributed by atoms with E-state index >= 15 is 0 Å². The van der Waals surface area contributed by atoms with E-state index in [2.05, 4.69) is 10.6 Å². The number of anilines is 3. The van der Waals surface area contributed by atoms with E-state index in [0.717, 1.165) is 11.3 Å². The third-order valence-electron chi connectivity index (χ3n) is 3.14. The molecule has 0 radical (unpaired) electrons. The van der Waals surface area contributed by atoms with Gasteiger partial charge in [0.05, 0.1) is 6.42 Å². The quantitative estimate of drug-likeness (QED) is 0.728. The van der Waals surface area contributed by atoms with E-state index in [-0.39, 0.29) is 11.8 Å². The van der Waals surface area contributed by atoms with Gasteiger partial charge in [-0.3, -0.25) is 9.59 Å². The summed E-state index contributed by atoms with van der Waals surface area (Å²) in [5, 5.41) is 5.55. The summed E-state index contributed by atoms with van der Waals surface area (Å²) in [5.74, 6) is -0.256. The second-order valence-electron chi connectivity index (χ2n) is 4.68. The Morgan fingerprint density at radius 3 is 2.85 bits per heavy atom. The number of hydrogen-bond donors (Lipinski definition) is 3. The molecular weight excluding hydrogens is 254 g/mol. The van der Waals surface area contributed by atoms with Crippen molar-refractivity contribution in [3.63, 3.8) is 0 Å². The molecule has 1 heterocycles. The van der Waals surface area contributed by atoms with Crippen molar-refractivity contribution in [1.29, 1.82) is 0 Å². The number of amides is 2. The minimum Gasteiger partial charge on any atom is -0.399 e. The van der Waals surface area contributed by atoms with Crippen LogP contribution < -0.4 is 16.4 Å². The zero-order valence-electron chi connectivity index (χ0n) is 10.6. The molecule has 2 amide bonds. The van der Waals surface area contributed by atoms with Gasteiger partial charge < -0.3 is 16.4 Å². The summed E-state index contributed by atoms with van der Waals surface area (Å²) in [4.78, 5) is 23.4. The molecule has 0 fully saturated rings. The zero-order chi connectivity index (χ0) is 14.1. The fourth-order valence-corrected chi connectivity index (χ4v) is 2.19. The van der Waals surface area contributed by atoms with Gasteiger partial charge in [-0.2, -0.15) is 0 Å². The lowest BCUT2D eigenvalue weighted by Crippen LogP contribution is -2.12. The summed E-state index contributed by atoms with van der Waals surface area (Å²) in [6, 6.07) is 12.1. The lowest BCUT2D eigenvalue weighted by molar-refractivity contribution is -0.115. The molecule has 0 spiro atoms. The Labute approximate surface area is 115 Å². The summed E-state index contributed by atoms with van der Waals surface area (Å²) in [6.45, 7) is 0. The van der Waals surface area contributed by atoms with Crippen LogP contribution in [0.2, 0.25) is 0 Å². The lowest BCUT2D eigenvalue weighted by atomic mass is 10.1. The predicted molar refractivity (Wildman–Crippen MR) is 77.6 cm³/mol. The van der Waals surface area contributed by atoms with E-state index in [0.29, 0.717) is 23.4 Å². The molecule has 1 aliphatic rings. The minimum absolute atomic E-state index is 0.0284. The predicted octanol–water partition coefficient (Wildman–Crippen LogP) is 2.02. The van der Waals surface area contributed by atoms with Crippen molar-refractivity contribution in [1.82, 2.24) is 0 Å². The number of nitrogen functional groups attached to an aromatic ring is 1. The number of carbonyl (C=O) groups excluding carboxylic acids is 2. The SMILES string of the molecule is Nc1cccc(C(=O)Nc2ccc3c(c2)CC(=O)N3)c1. The first kappa shape index (κ1) is 12.2. The van der Waals surface area contributed by atoms with Crippen molar-refractivity contribution in [2.24, 2.45) is 0 Å². The van der Waals surface area contributed by atoms with Gasteiger partial charge in [0.15, 0.2) is 0 Å². The Bertz CT molecular complexity index is 710. The van der Waals surface area contributed by atoms with Gasteiger partial charge in [0.25, 0.3) is 5.91 Å². The van der Waals surface area contributed by atoms with Crippen molar-refractivity contribution in [2.75, 3.05) is 16.4 Å². The summed E-state index contributed by atoms with van der Waals surface area (Å²) in [7, 11) is 0. The summed E-state index contributed by atoms with van der Waals surface area (Å²) in [5.41, 5.74) is 9.05. The van der Waals surface area contributed by atoms with E-state index in [1.807, 2.05) is 0 Å². The van der Waals surface area contributed by atoms with Gasteiger partial charge in [-0.05, 0) is 42.0 Å². The number of benzene rings is 2. The van der Waals surface area contributed by atoms with Gasteiger partial charge >= 0.3 is 0 Å². The van der Waals surface area contributed by atoms with Crippen molar-refractivity contribution in [2.45, 2.75) is 6.42 Å². The Hall–Kier alpha value is -2.82. The third kappa shape index (κ3) is 2.33. The molecular formula is C15H13N3O2. The Kier molecular flexibility index (Phi) is 2.87. The number of nitrogens with two attached hydrogens (primary N) is 1. The lowest BCUT2D eigenvalue weighted by Gasteiger charge is -2.07. The van der Waals surface area contributed by atoms with Gasteiger partial charge in [-0.15, -0.1) is 0 Å². The highest BCUT2D eigenvalue weighted by atomic mass is 16.2. The van der Waals surface area contributed by atoms with Crippen LogP contribution in [0.4, 0.5) is 17.1 Å². The molecule has 3 rings (SSSR count). The summed E-state index contributed by atoms with van der Waals surface area (Å²) in [6.07, 6.45) is 0.345. The van der Waals surface area contributed by atoms with Gasteiger partial charge in [-0.1, -0.05) is 6.07 Å². The normalized spacial score (nSPS) is 12.7. The highest BCUT2D eigenvalue weighted by Crippen LogP contribution is 2.26. The van der Waals surface area contributed by atoms with Crippen LogP contribution in [0.3, 0.4) is 0 Å². The highest BCUT2D eigenvalue weighted by Gasteiger charge is 2.18. The fourth-order valence-electron chi connectivity index (χ4n) is 2.19. The smallest absolute Gasteiger partial charge is 0.255 e. The minimum atomic E-state index is -0.227. The van der Waals surface area contributed by atoms with E-state index in [1.54, 1.807) is 42.5 Å². The van der Waals surface area contributed by atoms with Crippen molar-refractivity contribution in [3.8, 4) is 0 Å². The van der Waals surface area contributed by atoms with Crippen LogP contribution in [-0.4, -0.2) is 11.8 Å². The van der Waals surface area contributed by atoms with Crippen LogP contribution in [-0.2, 0) is 11.2 Å². The Morgan fingerprint density at radius 1 is 1.20 bits per heavy atom. The molecule has 20 heavy (non-hydrogen) atoms. The topological polar surface area (TPSA) is 84.2 Å². The van der Waals surface area contributed by atoms with Crippen LogP contribution in [0, 0.1) is 0 Å². The molecule has 0 aromatic heterocycles. The molecule has 0 saturated carbocycles. The molecule has 2 aromatic carbocycles. The third-order valence-corrected chi connectivity index (χ3v) is 3.14. The van der Waals surface area contributed by atoms with Gasteiger partial charge in [0, 0.05) is 22.6 Å². The molecule has 100 valence electrons. The van der Waals surface area contributed by atoms with Crippen LogP contribution in [0.1, 0.15) is 15.9 Å². The zero-order valence-corrected chi connectivity index (χ0v) is 10.6. The average molecular weight is 267 g/mol. The van der Waals surface area contributed by atoms with Crippen molar-refractivity contribution >= 4 is 28.9 Å². The van der Waals surface area contributed by atoms with E-state index in [9.17, 15) is 9.59 Å². The van der Waals surface area contributed by atoms with Crippen molar-refractivity contribution < 1.29 is 9.59 Å². The van der Waals surface area contributed by atoms with Gasteiger partial charge in [0.1, 0.15) is 0 Å². The first-order valence-electron chi connectivity index (χ1n) is 6.21. The molecule has 0 bridgehead atoms. The standard InChI is InChI=1S/C15H13N3O2/c16-11-3-1-2-9(6-11)15(20)17-12-4-5-13-10(7-12)8-14(19)18-13/h1-7H,8,16H2,(H,17,20)(H,18,19). The van der Waals surface area contributed by atoms with Gasteiger partial charge in [0.2, 0.25) is 5.91 Å². The maximum absolute atomic E-state index is 12.1. The monoisotopic (exact) mass is 267 g/mol. The number of carbonyl (C=O) groups is 2. The number of hydrogen-bond acceptors (Lipinski definition) is 3. The number of rotatable bonds is 2.